The smallest absolute Gasteiger partial charge is 0.322 e. The number of hydrogen-bond acceptors (Lipinski definition) is 5. The number of carbonyl (C=O) groups excluding carboxylic acids is 1. The SMILES string of the molecule is CCCCCCN(C(=O)Nc1ccc(OC)cc1OC)C(C)c1nc2ccccc2c(=O)n1-c1ccccc1. The lowest BCUT2D eigenvalue weighted by atomic mass is 10.1. The first-order chi connectivity index (χ1) is 19.0. The molecule has 0 bridgehead atoms. The van der Waals surface area contributed by atoms with E-state index in [9.17, 15) is 9.59 Å². The van der Waals surface area contributed by atoms with Gasteiger partial charge in [-0.2, -0.15) is 0 Å². The van der Waals surface area contributed by atoms with Gasteiger partial charge in [0.05, 0.1) is 42.5 Å². The number of nitrogens with one attached hydrogen (secondary N) is 1. The number of benzene rings is 3. The summed E-state index contributed by atoms with van der Waals surface area (Å²) in [4.78, 5) is 34.2. The van der Waals surface area contributed by atoms with Crippen molar-refractivity contribution in [2.45, 2.75) is 45.6 Å². The Bertz CT molecular complexity index is 1470. The van der Waals surface area contributed by atoms with Crippen molar-refractivity contribution < 1.29 is 14.3 Å². The van der Waals surface area contributed by atoms with E-state index in [0.717, 1.165) is 25.7 Å². The standard InChI is InChI=1S/C31H36N4O4/c1-5-6-7-13-20-34(31(37)33-27-19-18-24(38-3)21-28(27)39-4)22(2)29-32-26-17-12-11-16-25(26)30(36)35(29)23-14-9-8-10-15-23/h8-12,14-19,21-22H,5-7,13,20H2,1-4H3,(H,33,37). The van der Waals surface area contributed by atoms with E-state index in [0.29, 0.717) is 46.1 Å². The Kier molecular flexibility index (Phi) is 9.20. The quantitative estimate of drug-likeness (QED) is 0.222. The van der Waals surface area contributed by atoms with Gasteiger partial charge in [0.15, 0.2) is 0 Å². The Morgan fingerprint density at radius 1 is 0.974 bits per heavy atom. The molecule has 0 radical (unpaired) electrons. The lowest BCUT2D eigenvalue weighted by Gasteiger charge is -2.31. The molecule has 39 heavy (non-hydrogen) atoms. The van der Waals surface area contributed by atoms with Crippen LogP contribution in [-0.2, 0) is 0 Å². The van der Waals surface area contributed by atoms with Crippen LogP contribution < -0.4 is 20.3 Å². The second-order valence-electron chi connectivity index (χ2n) is 9.39. The zero-order valence-corrected chi connectivity index (χ0v) is 23.0. The van der Waals surface area contributed by atoms with Gasteiger partial charge >= 0.3 is 6.03 Å². The van der Waals surface area contributed by atoms with Crippen molar-refractivity contribution in [1.29, 1.82) is 0 Å². The maximum absolute atomic E-state index is 13.8. The second-order valence-corrected chi connectivity index (χ2v) is 9.39. The van der Waals surface area contributed by atoms with E-state index in [-0.39, 0.29) is 11.6 Å². The monoisotopic (exact) mass is 528 g/mol. The van der Waals surface area contributed by atoms with Crippen molar-refractivity contribution in [3.05, 3.63) is 89.0 Å². The largest absolute Gasteiger partial charge is 0.497 e. The number of urea groups is 1. The number of para-hydroxylation sites is 2. The van der Waals surface area contributed by atoms with Gasteiger partial charge in [0.25, 0.3) is 5.56 Å². The Morgan fingerprint density at radius 3 is 2.44 bits per heavy atom. The van der Waals surface area contributed by atoms with Gasteiger partial charge in [-0.05, 0) is 49.7 Å². The average molecular weight is 529 g/mol. The molecule has 1 heterocycles. The predicted molar refractivity (Wildman–Crippen MR) is 155 cm³/mol. The highest BCUT2D eigenvalue weighted by Gasteiger charge is 2.27. The summed E-state index contributed by atoms with van der Waals surface area (Å²) in [7, 11) is 3.13. The molecular weight excluding hydrogens is 492 g/mol. The summed E-state index contributed by atoms with van der Waals surface area (Å²) < 4.78 is 12.4. The van der Waals surface area contributed by atoms with E-state index in [1.807, 2.05) is 55.5 Å². The lowest BCUT2D eigenvalue weighted by molar-refractivity contribution is 0.187. The molecule has 0 aliphatic rings. The fourth-order valence-corrected chi connectivity index (χ4v) is 4.66. The molecule has 1 unspecified atom stereocenters. The number of amides is 2. The van der Waals surface area contributed by atoms with Gasteiger partial charge in [0, 0.05) is 12.6 Å². The number of unbranched alkanes of at least 4 members (excludes halogenated alkanes) is 3. The minimum absolute atomic E-state index is 0.170. The number of nitrogens with zero attached hydrogens (tertiary/aromatic N) is 3. The summed E-state index contributed by atoms with van der Waals surface area (Å²) in [6.45, 7) is 4.57. The van der Waals surface area contributed by atoms with Crippen molar-refractivity contribution >= 4 is 22.6 Å². The van der Waals surface area contributed by atoms with Crippen molar-refractivity contribution in [3.8, 4) is 17.2 Å². The van der Waals surface area contributed by atoms with Crippen LogP contribution in [0.25, 0.3) is 16.6 Å². The number of carbonyl (C=O) groups is 1. The van der Waals surface area contributed by atoms with E-state index < -0.39 is 6.04 Å². The molecule has 4 rings (SSSR count). The average Bonchev–Trinajstić information content (AvgIpc) is 2.97. The lowest BCUT2D eigenvalue weighted by Crippen LogP contribution is -2.40. The summed E-state index contributed by atoms with van der Waals surface area (Å²) in [6.07, 6.45) is 3.99. The van der Waals surface area contributed by atoms with Gasteiger partial charge in [-0.1, -0.05) is 56.5 Å². The topological polar surface area (TPSA) is 85.7 Å². The molecular formula is C31H36N4O4. The van der Waals surface area contributed by atoms with Crippen LogP contribution in [0.4, 0.5) is 10.5 Å². The first-order valence-corrected chi connectivity index (χ1v) is 13.3. The molecule has 0 aliphatic carbocycles. The maximum atomic E-state index is 13.8. The normalized spacial score (nSPS) is 11.7. The third-order valence-electron chi connectivity index (χ3n) is 6.82. The minimum Gasteiger partial charge on any atom is -0.497 e. The van der Waals surface area contributed by atoms with Crippen LogP contribution in [0, 0.1) is 0 Å². The zero-order chi connectivity index (χ0) is 27.8. The van der Waals surface area contributed by atoms with Gasteiger partial charge in [0.2, 0.25) is 0 Å². The van der Waals surface area contributed by atoms with Crippen molar-refractivity contribution in [2.75, 3.05) is 26.1 Å². The predicted octanol–water partition coefficient (Wildman–Crippen LogP) is 6.58. The number of hydrogen-bond donors (Lipinski definition) is 1. The summed E-state index contributed by atoms with van der Waals surface area (Å²) in [6, 6.07) is 21.2. The molecule has 0 aliphatic heterocycles. The molecule has 0 fully saturated rings. The van der Waals surface area contributed by atoms with Gasteiger partial charge < -0.3 is 19.7 Å². The Hall–Kier alpha value is -4.33. The van der Waals surface area contributed by atoms with E-state index in [1.165, 1.54) is 0 Å². The molecule has 8 heteroatoms. The fraction of sp³-hybridized carbons (Fsp3) is 0.323. The van der Waals surface area contributed by atoms with Gasteiger partial charge in [-0.25, -0.2) is 9.78 Å². The molecule has 3 aromatic carbocycles. The minimum atomic E-state index is -0.506. The van der Waals surface area contributed by atoms with Crippen LogP contribution in [-0.4, -0.2) is 41.2 Å². The molecule has 1 N–H and O–H groups in total. The van der Waals surface area contributed by atoms with Crippen LogP contribution in [0.2, 0.25) is 0 Å². The van der Waals surface area contributed by atoms with Crippen LogP contribution in [0.3, 0.4) is 0 Å². The van der Waals surface area contributed by atoms with Crippen molar-refractivity contribution in [2.24, 2.45) is 0 Å². The third-order valence-corrected chi connectivity index (χ3v) is 6.82. The fourth-order valence-electron chi connectivity index (χ4n) is 4.66. The number of anilines is 1. The van der Waals surface area contributed by atoms with E-state index >= 15 is 0 Å². The number of methoxy groups -OCH3 is 2. The van der Waals surface area contributed by atoms with Gasteiger partial charge in [-0.3, -0.25) is 9.36 Å². The van der Waals surface area contributed by atoms with Crippen molar-refractivity contribution in [1.82, 2.24) is 14.5 Å². The second kappa shape index (κ2) is 13.0. The molecule has 2 amide bonds. The van der Waals surface area contributed by atoms with E-state index in [4.69, 9.17) is 14.5 Å². The third kappa shape index (κ3) is 6.22. The molecule has 0 saturated heterocycles. The maximum Gasteiger partial charge on any atom is 0.322 e. The number of rotatable bonds is 11. The Morgan fingerprint density at radius 2 is 1.72 bits per heavy atom. The van der Waals surface area contributed by atoms with Gasteiger partial charge in [-0.15, -0.1) is 0 Å². The van der Waals surface area contributed by atoms with Crippen LogP contribution in [0.1, 0.15) is 51.4 Å². The zero-order valence-electron chi connectivity index (χ0n) is 23.0. The summed E-state index contributed by atoms with van der Waals surface area (Å²) in [5.74, 6) is 1.62. The summed E-state index contributed by atoms with van der Waals surface area (Å²) in [5, 5.41) is 3.53. The molecule has 0 spiro atoms. The highest BCUT2D eigenvalue weighted by atomic mass is 16.5. The molecule has 0 saturated carbocycles. The van der Waals surface area contributed by atoms with Crippen LogP contribution in [0.5, 0.6) is 11.5 Å². The highest BCUT2D eigenvalue weighted by molar-refractivity contribution is 5.91. The molecule has 4 aromatic rings. The number of ether oxygens (including phenoxy) is 2. The van der Waals surface area contributed by atoms with E-state index in [1.54, 1.807) is 48.0 Å². The Labute approximate surface area is 229 Å². The van der Waals surface area contributed by atoms with Crippen molar-refractivity contribution in [3.63, 3.8) is 0 Å². The van der Waals surface area contributed by atoms with Crippen LogP contribution in [0.15, 0.2) is 77.6 Å². The summed E-state index contributed by atoms with van der Waals surface area (Å²) in [5.41, 5.74) is 1.66. The number of aromatic nitrogens is 2. The first kappa shape index (κ1) is 27.7. The van der Waals surface area contributed by atoms with Gasteiger partial charge in [0.1, 0.15) is 17.3 Å². The van der Waals surface area contributed by atoms with E-state index in [2.05, 4.69) is 12.2 Å². The molecule has 8 nitrogen and oxygen atoms in total. The molecule has 204 valence electrons. The summed E-state index contributed by atoms with van der Waals surface area (Å²) >= 11 is 0. The molecule has 1 aromatic heterocycles. The number of fused-ring (bicyclic) bond motifs is 1. The van der Waals surface area contributed by atoms with Crippen LogP contribution >= 0.6 is 0 Å². The first-order valence-electron chi connectivity index (χ1n) is 13.3. The molecule has 1 atom stereocenters. The highest BCUT2D eigenvalue weighted by Crippen LogP contribution is 2.30. The Balaban J connectivity index is 1.77.